The van der Waals surface area contributed by atoms with Gasteiger partial charge in [-0.3, -0.25) is 4.79 Å². The summed E-state index contributed by atoms with van der Waals surface area (Å²) in [5.41, 5.74) is 4.82. The SMILES string of the molecule is COc1cc(OC)cc(C(=O)N2CCc3cc(OC)c(OC)cc3[C@H]2COc2cc(C)cc(C)c2)c1. The highest BCUT2D eigenvalue weighted by Gasteiger charge is 2.34. The zero-order valence-electron chi connectivity index (χ0n) is 21.7. The zero-order chi connectivity index (χ0) is 25.8. The number of ether oxygens (including phenoxy) is 5. The standard InChI is InChI=1S/C29H33NO6/c1-18-9-19(2)11-24(10-18)36-17-26-25-16-28(35-6)27(34-5)14-20(25)7-8-30(26)29(31)21-12-22(32-3)15-23(13-21)33-4/h9-16,26H,7-8,17H2,1-6H3/t26-/m1/s1. The number of amides is 1. The second-order valence-corrected chi connectivity index (χ2v) is 8.91. The minimum atomic E-state index is -0.334. The molecule has 190 valence electrons. The number of benzene rings is 3. The number of carbonyl (C=O) groups excluding carboxylic acids is 1. The van der Waals surface area contributed by atoms with Crippen LogP contribution in [0, 0.1) is 13.8 Å². The third-order valence-corrected chi connectivity index (χ3v) is 6.46. The van der Waals surface area contributed by atoms with E-state index in [4.69, 9.17) is 23.7 Å². The normalized spacial score (nSPS) is 14.6. The number of hydrogen-bond donors (Lipinski definition) is 0. The third-order valence-electron chi connectivity index (χ3n) is 6.46. The molecule has 0 bridgehead atoms. The van der Waals surface area contributed by atoms with E-state index in [1.807, 2.05) is 43.0 Å². The quantitative estimate of drug-likeness (QED) is 0.434. The third kappa shape index (κ3) is 5.20. The van der Waals surface area contributed by atoms with Gasteiger partial charge in [-0.05, 0) is 78.9 Å². The highest BCUT2D eigenvalue weighted by atomic mass is 16.5. The van der Waals surface area contributed by atoms with E-state index in [1.165, 1.54) is 0 Å². The number of fused-ring (bicyclic) bond motifs is 1. The van der Waals surface area contributed by atoms with E-state index in [0.29, 0.717) is 41.5 Å². The van der Waals surface area contributed by atoms with Crippen LogP contribution in [0.25, 0.3) is 0 Å². The summed E-state index contributed by atoms with van der Waals surface area (Å²) in [6.07, 6.45) is 0.683. The number of methoxy groups -OCH3 is 4. The van der Waals surface area contributed by atoms with Crippen molar-refractivity contribution < 1.29 is 28.5 Å². The molecule has 3 aromatic rings. The molecule has 0 spiro atoms. The van der Waals surface area contributed by atoms with Gasteiger partial charge in [0, 0.05) is 18.2 Å². The maximum absolute atomic E-state index is 13.9. The fourth-order valence-corrected chi connectivity index (χ4v) is 4.74. The molecule has 0 saturated heterocycles. The van der Waals surface area contributed by atoms with Gasteiger partial charge in [0.05, 0.1) is 34.5 Å². The fraction of sp³-hybridized carbons (Fsp3) is 0.345. The first-order valence-corrected chi connectivity index (χ1v) is 11.9. The number of carbonyl (C=O) groups is 1. The first kappa shape index (κ1) is 25.2. The van der Waals surface area contributed by atoms with Crippen LogP contribution < -0.4 is 23.7 Å². The Morgan fingerprint density at radius 3 is 1.97 bits per heavy atom. The smallest absolute Gasteiger partial charge is 0.254 e. The van der Waals surface area contributed by atoms with Crippen LogP contribution >= 0.6 is 0 Å². The van der Waals surface area contributed by atoms with Gasteiger partial charge in [-0.25, -0.2) is 0 Å². The molecule has 0 saturated carbocycles. The van der Waals surface area contributed by atoms with Crippen LogP contribution in [-0.4, -0.2) is 52.4 Å². The molecule has 3 aromatic carbocycles. The molecule has 0 fully saturated rings. The van der Waals surface area contributed by atoms with Gasteiger partial charge in [0.2, 0.25) is 0 Å². The molecule has 0 aliphatic carbocycles. The average Bonchev–Trinajstić information content (AvgIpc) is 2.89. The average molecular weight is 492 g/mol. The summed E-state index contributed by atoms with van der Waals surface area (Å²) in [7, 11) is 6.37. The molecular weight excluding hydrogens is 458 g/mol. The van der Waals surface area contributed by atoms with Crippen LogP contribution in [0.15, 0.2) is 48.5 Å². The minimum Gasteiger partial charge on any atom is -0.497 e. The molecule has 7 heteroatoms. The molecule has 36 heavy (non-hydrogen) atoms. The van der Waals surface area contributed by atoms with E-state index in [2.05, 4.69) is 6.07 Å². The fourth-order valence-electron chi connectivity index (χ4n) is 4.74. The van der Waals surface area contributed by atoms with Crippen molar-refractivity contribution in [2.24, 2.45) is 0 Å². The van der Waals surface area contributed by atoms with E-state index in [9.17, 15) is 4.79 Å². The van der Waals surface area contributed by atoms with Gasteiger partial charge < -0.3 is 28.6 Å². The predicted octanol–water partition coefficient (Wildman–Crippen LogP) is 5.16. The Morgan fingerprint density at radius 2 is 1.39 bits per heavy atom. The highest BCUT2D eigenvalue weighted by Crippen LogP contribution is 2.39. The minimum absolute atomic E-state index is 0.123. The topological polar surface area (TPSA) is 66.5 Å². The van der Waals surface area contributed by atoms with Crippen molar-refractivity contribution in [2.75, 3.05) is 41.6 Å². The molecule has 1 atom stereocenters. The lowest BCUT2D eigenvalue weighted by Gasteiger charge is -2.37. The van der Waals surface area contributed by atoms with Crippen LogP contribution in [0.1, 0.15) is 38.7 Å². The lowest BCUT2D eigenvalue weighted by atomic mass is 9.91. The number of hydrogen-bond acceptors (Lipinski definition) is 6. The first-order chi connectivity index (χ1) is 17.4. The monoisotopic (exact) mass is 491 g/mol. The summed E-state index contributed by atoms with van der Waals surface area (Å²) in [6.45, 7) is 4.90. The second kappa shape index (κ2) is 10.8. The van der Waals surface area contributed by atoms with E-state index < -0.39 is 0 Å². The summed E-state index contributed by atoms with van der Waals surface area (Å²) in [4.78, 5) is 15.7. The molecule has 1 aliphatic heterocycles. The van der Waals surface area contributed by atoms with Gasteiger partial charge >= 0.3 is 0 Å². The number of rotatable bonds is 8. The van der Waals surface area contributed by atoms with Crippen molar-refractivity contribution in [1.29, 1.82) is 0 Å². The molecule has 0 radical (unpaired) electrons. The Morgan fingerprint density at radius 1 is 0.778 bits per heavy atom. The van der Waals surface area contributed by atoms with Gasteiger partial charge in [-0.1, -0.05) is 6.07 Å². The number of aryl methyl sites for hydroxylation is 2. The van der Waals surface area contributed by atoms with Gasteiger partial charge in [-0.15, -0.1) is 0 Å². The molecule has 0 aromatic heterocycles. The van der Waals surface area contributed by atoms with Crippen molar-refractivity contribution in [2.45, 2.75) is 26.3 Å². The summed E-state index contributed by atoms with van der Waals surface area (Å²) in [5.74, 6) is 3.05. The molecule has 7 nitrogen and oxygen atoms in total. The highest BCUT2D eigenvalue weighted by molar-refractivity contribution is 5.95. The van der Waals surface area contributed by atoms with Gasteiger partial charge in [0.1, 0.15) is 23.9 Å². The maximum atomic E-state index is 13.9. The maximum Gasteiger partial charge on any atom is 0.254 e. The Kier molecular flexibility index (Phi) is 7.58. The van der Waals surface area contributed by atoms with Crippen molar-refractivity contribution in [3.8, 4) is 28.7 Å². The van der Waals surface area contributed by atoms with Crippen molar-refractivity contribution in [3.63, 3.8) is 0 Å². The van der Waals surface area contributed by atoms with Crippen molar-refractivity contribution in [1.82, 2.24) is 4.90 Å². The molecule has 1 aliphatic rings. The summed E-state index contributed by atoms with van der Waals surface area (Å²) < 4.78 is 28.2. The second-order valence-electron chi connectivity index (χ2n) is 8.91. The van der Waals surface area contributed by atoms with Crippen molar-refractivity contribution >= 4 is 5.91 Å². The molecule has 1 heterocycles. The van der Waals surface area contributed by atoms with E-state index in [-0.39, 0.29) is 18.6 Å². The van der Waals surface area contributed by atoms with Crippen molar-refractivity contribution in [3.05, 3.63) is 76.3 Å². The molecule has 1 amide bonds. The summed E-state index contributed by atoms with van der Waals surface area (Å²) in [6, 6.07) is 14.9. The van der Waals surface area contributed by atoms with E-state index in [0.717, 1.165) is 28.0 Å². The van der Waals surface area contributed by atoms with Gasteiger partial charge in [0.25, 0.3) is 5.91 Å². The zero-order valence-corrected chi connectivity index (χ0v) is 21.7. The molecule has 4 rings (SSSR count). The van der Waals surface area contributed by atoms with Crippen LogP contribution in [0.3, 0.4) is 0 Å². The number of nitrogens with zero attached hydrogens (tertiary/aromatic N) is 1. The van der Waals surface area contributed by atoms with E-state index >= 15 is 0 Å². The van der Waals surface area contributed by atoms with Crippen LogP contribution in [0.2, 0.25) is 0 Å². The first-order valence-electron chi connectivity index (χ1n) is 11.9. The van der Waals surface area contributed by atoms with Gasteiger partial charge in [-0.2, -0.15) is 0 Å². The van der Waals surface area contributed by atoms with Crippen LogP contribution in [0.4, 0.5) is 0 Å². The Balaban J connectivity index is 1.74. The van der Waals surface area contributed by atoms with E-state index in [1.54, 1.807) is 46.6 Å². The molecular formula is C29H33NO6. The summed E-state index contributed by atoms with van der Waals surface area (Å²) >= 11 is 0. The Hall–Kier alpha value is -3.87. The Bertz CT molecular complexity index is 1210. The molecule has 0 N–H and O–H groups in total. The summed E-state index contributed by atoms with van der Waals surface area (Å²) in [5, 5.41) is 0. The Labute approximate surface area is 212 Å². The lowest BCUT2D eigenvalue weighted by molar-refractivity contribution is 0.0588. The largest absolute Gasteiger partial charge is 0.497 e. The van der Waals surface area contributed by atoms with Crippen LogP contribution in [0.5, 0.6) is 28.7 Å². The van der Waals surface area contributed by atoms with Gasteiger partial charge in [0.15, 0.2) is 11.5 Å². The lowest BCUT2D eigenvalue weighted by Crippen LogP contribution is -2.42. The molecule has 0 unspecified atom stereocenters. The van der Waals surface area contributed by atoms with Crippen LogP contribution in [-0.2, 0) is 6.42 Å². The predicted molar refractivity (Wildman–Crippen MR) is 138 cm³/mol.